The van der Waals surface area contributed by atoms with Crippen molar-refractivity contribution < 1.29 is 34.5 Å². The van der Waals surface area contributed by atoms with E-state index >= 15 is 0 Å². The first kappa shape index (κ1) is 31.0. The Morgan fingerprint density at radius 3 is 0.938 bits per heavy atom. The fraction of sp³-hybridized carbons (Fsp3) is 0.250. The number of nitrogens with two attached hydrogens (primary N) is 2. The molecule has 0 spiro atoms. The number of hydrogen-bond acceptors (Lipinski definition) is 4. The van der Waals surface area contributed by atoms with Crippen LogP contribution in [0.1, 0.15) is 11.1 Å². The van der Waals surface area contributed by atoms with Crippen molar-refractivity contribution in [3.63, 3.8) is 0 Å². The van der Waals surface area contributed by atoms with Crippen LogP contribution in [-0.2, 0) is 12.8 Å². The van der Waals surface area contributed by atoms with E-state index in [0.29, 0.717) is 24.5 Å². The summed E-state index contributed by atoms with van der Waals surface area (Å²) in [7, 11) is -12.0. The van der Waals surface area contributed by atoms with Crippen LogP contribution in [0.15, 0.2) is 48.5 Å². The minimum absolute atomic E-state index is 0.575. The Kier molecular flexibility index (Phi) is 15.9. The summed E-state index contributed by atoms with van der Waals surface area (Å²) in [4.78, 5) is 6.08. The van der Waals surface area contributed by atoms with E-state index in [1.807, 2.05) is 24.3 Å². The molecule has 2 rings (SSSR count). The van der Waals surface area contributed by atoms with Gasteiger partial charge in [0, 0.05) is 24.3 Å². The van der Waals surface area contributed by atoms with E-state index in [0.717, 1.165) is 12.8 Å². The van der Waals surface area contributed by atoms with Crippen LogP contribution in [0.25, 0.3) is 9.95 Å². The molecule has 0 bridgehead atoms. The first-order valence-electron chi connectivity index (χ1n) is 8.76. The van der Waals surface area contributed by atoms with Gasteiger partial charge in [0.2, 0.25) is 10.8 Å². The molecule has 2 aromatic carbocycles. The molecule has 0 aliphatic carbocycles. The van der Waals surface area contributed by atoms with Crippen LogP contribution in [0.3, 0.4) is 0 Å². The fourth-order valence-corrected chi connectivity index (χ4v) is 1.79. The smallest absolute Gasteiger partial charge is 0.418 e. The Hall–Kier alpha value is -3.23. The van der Waals surface area contributed by atoms with Crippen LogP contribution in [0.5, 0.6) is 0 Å². The van der Waals surface area contributed by atoms with E-state index in [9.17, 15) is 34.5 Å². The summed E-state index contributed by atoms with van der Waals surface area (Å²) >= 11 is 0. The predicted octanol–water partition coefficient (Wildman–Crippen LogP) is 5.94. The molecule has 0 heterocycles. The maximum absolute atomic E-state index is 9.75. The van der Waals surface area contributed by atoms with Crippen LogP contribution < -0.4 is 11.5 Å². The molecular formula is C16H20B2F8N6. The van der Waals surface area contributed by atoms with E-state index in [4.69, 9.17) is 22.3 Å². The molecule has 0 radical (unpaired) electrons. The average molecular weight is 470 g/mol. The zero-order chi connectivity index (χ0) is 25.2. The Bertz CT molecular complexity index is 747. The highest BCUT2D eigenvalue weighted by Gasteiger charge is 2.21. The van der Waals surface area contributed by atoms with E-state index in [-0.39, 0.29) is 0 Å². The molecule has 4 N–H and O–H groups in total. The molecule has 2 aromatic rings. The van der Waals surface area contributed by atoms with Gasteiger partial charge < -0.3 is 46.0 Å². The van der Waals surface area contributed by atoms with Crippen molar-refractivity contribution in [1.29, 1.82) is 10.8 Å². The Morgan fingerprint density at radius 2 is 0.781 bits per heavy atom. The van der Waals surface area contributed by atoms with Crippen molar-refractivity contribution in [3.8, 4) is 0 Å². The predicted molar refractivity (Wildman–Crippen MR) is 108 cm³/mol. The van der Waals surface area contributed by atoms with Crippen LogP contribution in [-0.4, -0.2) is 27.6 Å². The molecule has 32 heavy (non-hydrogen) atoms. The van der Waals surface area contributed by atoms with Gasteiger partial charge >= 0.3 is 25.9 Å². The molecule has 0 amide bonds. The van der Waals surface area contributed by atoms with Gasteiger partial charge in [0.15, 0.2) is 9.95 Å². The van der Waals surface area contributed by atoms with Crippen molar-refractivity contribution in [3.05, 3.63) is 69.6 Å². The number of rotatable bonds is 4. The van der Waals surface area contributed by atoms with Gasteiger partial charge in [0.05, 0.1) is 0 Å². The maximum Gasteiger partial charge on any atom is 0.673 e. The van der Waals surface area contributed by atoms with E-state index < -0.39 is 14.5 Å². The highest BCUT2D eigenvalue weighted by atomic mass is 19.5. The lowest BCUT2D eigenvalue weighted by Crippen LogP contribution is -2.02. The van der Waals surface area contributed by atoms with Crippen molar-refractivity contribution >= 4 is 25.9 Å². The molecule has 6 nitrogen and oxygen atoms in total. The van der Waals surface area contributed by atoms with Gasteiger partial charge in [0.25, 0.3) is 0 Å². The van der Waals surface area contributed by atoms with Gasteiger partial charge in [-0.15, -0.1) is 0 Å². The van der Waals surface area contributed by atoms with Crippen LogP contribution >= 0.6 is 0 Å². The third kappa shape index (κ3) is 24.8. The molecule has 0 unspecified atom stereocenters. The molecule has 0 fully saturated rings. The van der Waals surface area contributed by atoms with Crippen LogP contribution in [0, 0.1) is 10.8 Å². The van der Waals surface area contributed by atoms with Gasteiger partial charge in [-0.2, -0.15) is 0 Å². The summed E-state index contributed by atoms with van der Waals surface area (Å²) in [5.74, 6) is 0. The lowest BCUT2D eigenvalue weighted by atomic mass is 10.1. The fourth-order valence-electron chi connectivity index (χ4n) is 1.79. The van der Waals surface area contributed by atoms with Crippen LogP contribution in [0.4, 0.5) is 45.9 Å². The van der Waals surface area contributed by atoms with Crippen molar-refractivity contribution in [2.45, 2.75) is 12.8 Å². The summed E-state index contributed by atoms with van der Waals surface area (Å²) in [5.41, 5.74) is 14.2. The minimum atomic E-state index is -6.00. The number of halogens is 8. The molecule has 0 aromatic heterocycles. The largest absolute Gasteiger partial charge is 0.673 e. The first-order valence-corrected chi connectivity index (χ1v) is 8.76. The summed E-state index contributed by atoms with van der Waals surface area (Å²) in [6.45, 7) is 1.30. The lowest BCUT2D eigenvalue weighted by Gasteiger charge is -1.94. The second kappa shape index (κ2) is 16.5. The van der Waals surface area contributed by atoms with Crippen LogP contribution in [0.2, 0.25) is 0 Å². The molecule has 0 aliphatic heterocycles. The summed E-state index contributed by atoms with van der Waals surface area (Å²) < 4.78 is 78.0. The van der Waals surface area contributed by atoms with Gasteiger partial charge in [-0.1, -0.05) is 24.3 Å². The van der Waals surface area contributed by atoms with Gasteiger partial charge in [-0.25, -0.2) is 0 Å². The van der Waals surface area contributed by atoms with E-state index in [1.54, 1.807) is 24.3 Å². The summed E-state index contributed by atoms with van der Waals surface area (Å²) in [6.07, 6.45) is 1.73. The van der Waals surface area contributed by atoms with Crippen molar-refractivity contribution in [2.75, 3.05) is 13.1 Å². The first-order chi connectivity index (χ1) is 14.7. The molecule has 0 aliphatic rings. The Labute approximate surface area is 179 Å². The Balaban J connectivity index is 0. The van der Waals surface area contributed by atoms with Gasteiger partial charge in [-0.3, -0.25) is 0 Å². The number of hydrogen-bond donors (Lipinski definition) is 2. The minimum Gasteiger partial charge on any atom is -0.418 e. The quantitative estimate of drug-likeness (QED) is 0.328. The topological polar surface area (TPSA) is 108 Å². The number of diazo groups is 2. The molecule has 176 valence electrons. The third-order valence-corrected chi connectivity index (χ3v) is 2.97. The normalized spacial score (nSPS) is 10.0. The zero-order valence-electron chi connectivity index (χ0n) is 16.6. The average Bonchev–Trinajstić information content (AvgIpc) is 2.68. The molecule has 16 heteroatoms. The number of benzene rings is 2. The highest BCUT2D eigenvalue weighted by molar-refractivity contribution is 6.50. The Morgan fingerprint density at radius 1 is 0.562 bits per heavy atom. The molecule has 0 atom stereocenters. The van der Waals surface area contributed by atoms with Gasteiger partial charge in [-0.05, 0) is 37.1 Å². The lowest BCUT2D eigenvalue weighted by molar-refractivity contribution is 0.366. The standard InChI is InChI=1S/2C8H10N3.2BF4/c2*9-6-5-7-1-3-8(11-10)4-2-7;2*2-1(3,4)5/h2*1-4H,5-6,9H2;;/q2*+1;2*-1. The summed E-state index contributed by atoms with van der Waals surface area (Å²) in [5, 5.41) is 16.7. The second-order valence-electron chi connectivity index (χ2n) is 5.60. The van der Waals surface area contributed by atoms with E-state index in [2.05, 4.69) is 9.95 Å². The highest BCUT2D eigenvalue weighted by Crippen LogP contribution is 2.13. The summed E-state index contributed by atoms with van der Waals surface area (Å²) in [6, 6.07) is 14.6. The van der Waals surface area contributed by atoms with E-state index in [1.165, 1.54) is 11.1 Å². The molecular weight excluding hydrogens is 450 g/mol. The zero-order valence-corrected chi connectivity index (χ0v) is 16.6. The SMILES string of the molecule is F[B-](F)(F)F.F[B-](F)(F)F.N#[N+]c1ccc(CCN)cc1.N#[N+]c1ccc(CCN)cc1. The van der Waals surface area contributed by atoms with Crippen molar-refractivity contribution in [2.24, 2.45) is 11.5 Å². The second-order valence-corrected chi connectivity index (χ2v) is 5.60. The molecule has 0 saturated carbocycles. The molecule has 0 saturated heterocycles. The maximum atomic E-state index is 9.75. The third-order valence-electron chi connectivity index (χ3n) is 2.97. The van der Waals surface area contributed by atoms with Crippen molar-refractivity contribution in [1.82, 2.24) is 0 Å². The monoisotopic (exact) mass is 470 g/mol. The number of nitrogens with zero attached hydrogens (tertiary/aromatic N) is 4. The van der Waals surface area contributed by atoms with Gasteiger partial charge in [0.1, 0.15) is 0 Å².